The van der Waals surface area contributed by atoms with Crippen molar-refractivity contribution in [3.05, 3.63) is 36.5 Å². The van der Waals surface area contributed by atoms with E-state index >= 15 is 0 Å². The minimum Gasteiger partial charge on any atom is -0.490 e. The molecule has 1 aromatic carbocycles. The normalized spacial score (nSPS) is 25.8. The first kappa shape index (κ1) is 12.9. The molecule has 1 aliphatic rings. The maximum absolute atomic E-state index is 11.1. The average Bonchev–Trinajstić information content (AvgIpc) is 2.81. The predicted molar refractivity (Wildman–Crippen MR) is 74.6 cm³/mol. The summed E-state index contributed by atoms with van der Waals surface area (Å²) in [6, 6.07) is 9.56. The number of hydrogen-bond donors (Lipinski definition) is 2. The van der Waals surface area contributed by atoms with Crippen LogP contribution < -0.4 is 10.5 Å². The third-order valence-corrected chi connectivity index (χ3v) is 3.81. The molecule has 3 N–H and O–H groups in total. The van der Waals surface area contributed by atoms with E-state index in [0.717, 1.165) is 10.9 Å². The zero-order valence-electron chi connectivity index (χ0n) is 11.0. The summed E-state index contributed by atoms with van der Waals surface area (Å²) in [5.74, 6) is -0.250. The quantitative estimate of drug-likeness (QED) is 0.892. The van der Waals surface area contributed by atoms with Crippen molar-refractivity contribution >= 4 is 16.9 Å². The Morgan fingerprint density at radius 1 is 1.45 bits per heavy atom. The van der Waals surface area contributed by atoms with E-state index in [0.29, 0.717) is 25.0 Å². The van der Waals surface area contributed by atoms with Crippen molar-refractivity contribution in [1.29, 1.82) is 0 Å². The van der Waals surface area contributed by atoms with Crippen LogP contribution in [0.4, 0.5) is 0 Å². The van der Waals surface area contributed by atoms with Crippen LogP contribution in [0.1, 0.15) is 19.3 Å². The van der Waals surface area contributed by atoms with E-state index in [4.69, 9.17) is 15.6 Å². The fourth-order valence-electron chi connectivity index (χ4n) is 2.64. The molecule has 0 bridgehead atoms. The third kappa shape index (κ3) is 2.32. The smallest absolute Gasteiger partial charge is 0.323 e. The van der Waals surface area contributed by atoms with Gasteiger partial charge in [0, 0.05) is 24.1 Å². The number of carboxylic acid groups (broad SMARTS) is 1. The van der Waals surface area contributed by atoms with Gasteiger partial charge in [-0.2, -0.15) is 0 Å². The Labute approximate surface area is 116 Å². The molecule has 3 rings (SSSR count). The maximum atomic E-state index is 11.1. The van der Waals surface area contributed by atoms with Crippen LogP contribution in [0.3, 0.4) is 0 Å². The zero-order chi connectivity index (χ0) is 14.2. The molecule has 104 valence electrons. The molecule has 1 aromatic heterocycles. The lowest BCUT2D eigenvalue weighted by Gasteiger charge is -2.18. The zero-order valence-corrected chi connectivity index (χ0v) is 11.0. The number of nitrogens with two attached hydrogens (primary N) is 1. The van der Waals surface area contributed by atoms with Crippen molar-refractivity contribution in [2.45, 2.75) is 30.9 Å². The maximum Gasteiger partial charge on any atom is 0.323 e. The van der Waals surface area contributed by atoms with Crippen LogP contribution in [0.2, 0.25) is 0 Å². The van der Waals surface area contributed by atoms with Gasteiger partial charge in [-0.15, -0.1) is 0 Å². The van der Waals surface area contributed by atoms with Gasteiger partial charge in [-0.25, -0.2) is 0 Å². The summed E-state index contributed by atoms with van der Waals surface area (Å²) in [5.41, 5.74) is 5.55. The number of benzene rings is 1. The first-order valence-electron chi connectivity index (χ1n) is 6.61. The minimum atomic E-state index is -1.15. The number of pyridine rings is 1. The Morgan fingerprint density at radius 2 is 2.30 bits per heavy atom. The molecule has 0 radical (unpaired) electrons. The fraction of sp³-hybridized carbons (Fsp3) is 0.333. The van der Waals surface area contributed by atoms with Gasteiger partial charge in [0.1, 0.15) is 17.4 Å². The van der Waals surface area contributed by atoms with Gasteiger partial charge in [0.05, 0.1) is 5.52 Å². The number of fused-ring (bicyclic) bond motifs is 1. The van der Waals surface area contributed by atoms with Gasteiger partial charge in [0.2, 0.25) is 0 Å². The molecule has 5 heteroatoms. The van der Waals surface area contributed by atoms with Crippen LogP contribution in [0.25, 0.3) is 10.9 Å². The Balaban J connectivity index is 1.76. The molecule has 2 unspecified atom stereocenters. The first-order chi connectivity index (χ1) is 9.57. The first-order valence-corrected chi connectivity index (χ1v) is 6.61. The lowest BCUT2D eigenvalue weighted by atomic mass is 10.00. The van der Waals surface area contributed by atoms with Gasteiger partial charge in [0.25, 0.3) is 0 Å². The summed E-state index contributed by atoms with van der Waals surface area (Å²) in [5, 5.41) is 10.2. The summed E-state index contributed by atoms with van der Waals surface area (Å²) in [7, 11) is 0. The molecule has 1 heterocycles. The second-order valence-corrected chi connectivity index (χ2v) is 5.30. The molecule has 20 heavy (non-hydrogen) atoms. The second kappa shape index (κ2) is 4.76. The highest BCUT2D eigenvalue weighted by Gasteiger charge is 2.43. The number of aliphatic carboxylic acids is 1. The summed E-state index contributed by atoms with van der Waals surface area (Å²) in [6.07, 6.45) is 3.01. The molecule has 2 atom stereocenters. The van der Waals surface area contributed by atoms with Crippen molar-refractivity contribution in [3.63, 3.8) is 0 Å². The van der Waals surface area contributed by atoms with Crippen molar-refractivity contribution in [3.8, 4) is 5.75 Å². The largest absolute Gasteiger partial charge is 0.490 e. The molecule has 1 saturated carbocycles. The van der Waals surface area contributed by atoms with E-state index < -0.39 is 11.5 Å². The number of aromatic nitrogens is 1. The summed E-state index contributed by atoms with van der Waals surface area (Å²) >= 11 is 0. The van der Waals surface area contributed by atoms with Crippen molar-refractivity contribution in [2.24, 2.45) is 5.73 Å². The van der Waals surface area contributed by atoms with Crippen LogP contribution in [0, 0.1) is 0 Å². The Hall–Kier alpha value is -2.14. The predicted octanol–water partition coefficient (Wildman–Crippen LogP) is 1.95. The molecule has 0 aliphatic heterocycles. The third-order valence-electron chi connectivity index (χ3n) is 3.81. The molecule has 5 nitrogen and oxygen atoms in total. The minimum absolute atomic E-state index is 0.155. The Bertz CT molecular complexity index is 658. The number of ether oxygens (including phenoxy) is 1. The monoisotopic (exact) mass is 272 g/mol. The fourth-order valence-corrected chi connectivity index (χ4v) is 2.64. The van der Waals surface area contributed by atoms with Gasteiger partial charge in [-0.3, -0.25) is 9.78 Å². The molecule has 0 spiro atoms. The van der Waals surface area contributed by atoms with Crippen LogP contribution in [0.5, 0.6) is 5.75 Å². The second-order valence-electron chi connectivity index (χ2n) is 5.30. The summed E-state index contributed by atoms with van der Waals surface area (Å²) in [4.78, 5) is 15.4. The number of rotatable bonds is 3. The van der Waals surface area contributed by atoms with Gasteiger partial charge in [-0.05, 0) is 31.0 Å². The van der Waals surface area contributed by atoms with E-state index in [1.54, 1.807) is 6.20 Å². The van der Waals surface area contributed by atoms with Gasteiger partial charge >= 0.3 is 5.97 Å². The molecule has 0 saturated heterocycles. The van der Waals surface area contributed by atoms with Gasteiger partial charge in [0.15, 0.2) is 0 Å². The van der Waals surface area contributed by atoms with Gasteiger partial charge in [-0.1, -0.05) is 6.07 Å². The molecule has 2 aromatic rings. The van der Waals surface area contributed by atoms with E-state index in [1.165, 1.54) is 0 Å². The van der Waals surface area contributed by atoms with Gasteiger partial charge < -0.3 is 15.6 Å². The van der Waals surface area contributed by atoms with Crippen LogP contribution in [0.15, 0.2) is 36.5 Å². The molecular formula is C15H16N2O3. The highest BCUT2D eigenvalue weighted by Crippen LogP contribution is 2.31. The number of carbonyl (C=O) groups is 1. The van der Waals surface area contributed by atoms with Crippen LogP contribution in [-0.2, 0) is 4.79 Å². The highest BCUT2D eigenvalue weighted by molar-refractivity contribution is 5.80. The summed E-state index contributed by atoms with van der Waals surface area (Å²) < 4.78 is 5.85. The van der Waals surface area contributed by atoms with Crippen LogP contribution >= 0.6 is 0 Å². The van der Waals surface area contributed by atoms with Crippen LogP contribution in [-0.4, -0.2) is 27.7 Å². The topological polar surface area (TPSA) is 85.4 Å². The molecule has 1 aliphatic carbocycles. The van der Waals surface area contributed by atoms with E-state index in [9.17, 15) is 4.79 Å². The SMILES string of the molecule is NC1(C(=O)O)CCC(Oc2ccc3cccnc3c2)C1. The molecule has 1 fully saturated rings. The van der Waals surface area contributed by atoms with Crippen molar-refractivity contribution in [1.82, 2.24) is 4.98 Å². The molecule has 0 amide bonds. The van der Waals surface area contributed by atoms with E-state index in [2.05, 4.69) is 4.98 Å². The lowest BCUT2D eigenvalue weighted by Crippen LogP contribution is -2.46. The Kier molecular flexibility index (Phi) is 3.06. The number of carboxylic acids is 1. The number of nitrogens with zero attached hydrogens (tertiary/aromatic N) is 1. The molecular weight excluding hydrogens is 256 g/mol. The van der Waals surface area contributed by atoms with Crippen molar-refractivity contribution < 1.29 is 14.6 Å². The standard InChI is InChI=1S/C15H16N2O3/c16-15(14(18)19)6-5-12(9-15)20-11-4-3-10-2-1-7-17-13(10)8-11/h1-4,7-8,12H,5-6,9,16H2,(H,18,19). The van der Waals surface area contributed by atoms with Crippen molar-refractivity contribution in [2.75, 3.05) is 0 Å². The highest BCUT2D eigenvalue weighted by atomic mass is 16.5. The average molecular weight is 272 g/mol. The van der Waals surface area contributed by atoms with E-state index in [1.807, 2.05) is 30.3 Å². The lowest BCUT2D eigenvalue weighted by molar-refractivity contribution is -0.143. The number of hydrogen-bond acceptors (Lipinski definition) is 4. The summed E-state index contributed by atoms with van der Waals surface area (Å²) in [6.45, 7) is 0. The van der Waals surface area contributed by atoms with E-state index in [-0.39, 0.29) is 6.10 Å². The Morgan fingerprint density at radius 3 is 3.05 bits per heavy atom.